The van der Waals surface area contributed by atoms with Crippen molar-refractivity contribution < 1.29 is 27.3 Å². The first-order chi connectivity index (χ1) is 13.2. The minimum absolute atomic E-state index is 0.141. The fourth-order valence-electron chi connectivity index (χ4n) is 2.52. The molecule has 0 amide bonds. The molecule has 0 aliphatic carbocycles. The van der Waals surface area contributed by atoms with Gasteiger partial charge >= 0.3 is 5.97 Å². The molecule has 0 aliphatic heterocycles. The number of nitro benzene ring substituents is 1. The van der Waals surface area contributed by atoms with Crippen molar-refractivity contribution in [3.05, 3.63) is 69.5 Å². The number of ether oxygens (including phenoxy) is 1. The highest BCUT2D eigenvalue weighted by Crippen LogP contribution is 2.22. The van der Waals surface area contributed by atoms with Crippen molar-refractivity contribution in [2.24, 2.45) is 0 Å². The van der Waals surface area contributed by atoms with Gasteiger partial charge < -0.3 is 4.74 Å². The molecule has 0 N–H and O–H groups in total. The fraction of sp³-hybridized carbons (Fsp3) is 0.278. The van der Waals surface area contributed by atoms with Crippen molar-refractivity contribution in [2.75, 3.05) is 13.1 Å². The number of halogens is 1. The second-order valence-corrected chi connectivity index (χ2v) is 7.64. The predicted octanol–water partition coefficient (Wildman–Crippen LogP) is 3.12. The topological polar surface area (TPSA) is 107 Å². The average molecular weight is 410 g/mol. The van der Waals surface area contributed by atoms with E-state index in [1.54, 1.807) is 19.9 Å². The van der Waals surface area contributed by atoms with Crippen LogP contribution >= 0.6 is 0 Å². The summed E-state index contributed by atoms with van der Waals surface area (Å²) >= 11 is 0. The van der Waals surface area contributed by atoms with Crippen LogP contribution in [-0.2, 0) is 21.4 Å². The molecule has 0 atom stereocenters. The highest BCUT2D eigenvalue weighted by Gasteiger charge is 2.26. The Morgan fingerprint density at radius 1 is 1.18 bits per heavy atom. The quantitative estimate of drug-likeness (QED) is 0.376. The van der Waals surface area contributed by atoms with Gasteiger partial charge in [-0.1, -0.05) is 26.0 Å². The summed E-state index contributed by atoms with van der Waals surface area (Å²) in [5.41, 5.74) is 0.0983. The first kappa shape index (κ1) is 21.5. The van der Waals surface area contributed by atoms with E-state index in [1.165, 1.54) is 18.2 Å². The van der Waals surface area contributed by atoms with Gasteiger partial charge in [-0.25, -0.2) is 17.6 Å². The lowest BCUT2D eigenvalue weighted by molar-refractivity contribution is -0.384. The van der Waals surface area contributed by atoms with Crippen molar-refractivity contribution in [1.82, 2.24) is 4.31 Å². The van der Waals surface area contributed by atoms with Crippen molar-refractivity contribution >= 4 is 21.7 Å². The van der Waals surface area contributed by atoms with Crippen LogP contribution in [0.25, 0.3) is 0 Å². The molecule has 0 saturated carbocycles. The Kier molecular flexibility index (Phi) is 6.81. The van der Waals surface area contributed by atoms with Crippen LogP contribution in [0.3, 0.4) is 0 Å². The largest absolute Gasteiger partial charge is 0.457 e. The molecule has 0 bridgehead atoms. The molecule has 150 valence electrons. The molecule has 2 aromatic rings. The summed E-state index contributed by atoms with van der Waals surface area (Å²) < 4.78 is 45.3. The molecule has 2 aromatic carbocycles. The highest BCUT2D eigenvalue weighted by atomic mass is 32.2. The Morgan fingerprint density at radius 2 is 1.86 bits per heavy atom. The van der Waals surface area contributed by atoms with Gasteiger partial charge in [0.1, 0.15) is 17.3 Å². The number of carbonyl (C=O) groups excluding carboxylic acids is 1. The fourth-order valence-corrected chi connectivity index (χ4v) is 4.07. The first-order valence-corrected chi connectivity index (χ1v) is 9.84. The summed E-state index contributed by atoms with van der Waals surface area (Å²) in [5.74, 6) is -1.84. The first-order valence-electron chi connectivity index (χ1n) is 8.40. The molecule has 0 unspecified atom stereocenters. The number of non-ortho nitro benzene ring substituents is 1. The molecule has 0 aromatic heterocycles. The highest BCUT2D eigenvalue weighted by molar-refractivity contribution is 7.89. The van der Waals surface area contributed by atoms with E-state index in [9.17, 15) is 27.7 Å². The normalized spacial score (nSPS) is 11.4. The molecule has 0 fully saturated rings. The van der Waals surface area contributed by atoms with Crippen LogP contribution in [-0.4, -0.2) is 36.7 Å². The van der Waals surface area contributed by atoms with Crippen molar-refractivity contribution in [3.8, 4) is 0 Å². The number of esters is 1. The molecule has 0 heterocycles. The van der Waals surface area contributed by atoms with Gasteiger partial charge in [0, 0.05) is 25.2 Å². The zero-order chi connectivity index (χ0) is 20.9. The summed E-state index contributed by atoms with van der Waals surface area (Å²) in [4.78, 5) is 21.8. The Labute approximate surface area is 161 Å². The predicted molar refractivity (Wildman–Crippen MR) is 98.7 cm³/mol. The van der Waals surface area contributed by atoms with E-state index in [-0.39, 0.29) is 30.9 Å². The standard InChI is InChI=1S/C18H19FN2O6S/c1-3-20(4-2)28(25,26)17-11-14(8-9-16(17)19)18(22)27-12-13-6-5-7-15(10-13)21(23)24/h5-11H,3-4,12H2,1-2H3. The number of hydrogen-bond acceptors (Lipinski definition) is 6. The van der Waals surface area contributed by atoms with Crippen LogP contribution in [0.1, 0.15) is 29.8 Å². The number of hydrogen-bond donors (Lipinski definition) is 0. The van der Waals surface area contributed by atoms with E-state index in [1.807, 2.05) is 0 Å². The molecule has 0 spiro atoms. The van der Waals surface area contributed by atoms with Gasteiger partial charge in [0.15, 0.2) is 0 Å². The van der Waals surface area contributed by atoms with Gasteiger partial charge in [-0.3, -0.25) is 10.1 Å². The summed E-state index contributed by atoms with van der Waals surface area (Å²) in [5, 5.41) is 10.8. The molecule has 10 heteroatoms. The number of nitro groups is 1. The van der Waals surface area contributed by atoms with Crippen LogP contribution in [0.5, 0.6) is 0 Å². The number of nitrogens with zero attached hydrogens (tertiary/aromatic N) is 2. The van der Waals surface area contributed by atoms with Gasteiger partial charge in [-0.2, -0.15) is 4.31 Å². The lowest BCUT2D eigenvalue weighted by Gasteiger charge is -2.19. The van der Waals surface area contributed by atoms with Crippen molar-refractivity contribution in [3.63, 3.8) is 0 Å². The van der Waals surface area contributed by atoms with E-state index >= 15 is 0 Å². The van der Waals surface area contributed by atoms with E-state index in [2.05, 4.69) is 0 Å². The molecule has 28 heavy (non-hydrogen) atoms. The van der Waals surface area contributed by atoms with Crippen molar-refractivity contribution in [1.29, 1.82) is 0 Å². The second-order valence-electron chi connectivity index (χ2n) is 5.74. The van der Waals surface area contributed by atoms with Gasteiger partial charge in [-0.05, 0) is 23.8 Å². The monoisotopic (exact) mass is 410 g/mol. The third-order valence-electron chi connectivity index (χ3n) is 3.98. The van der Waals surface area contributed by atoms with Gasteiger partial charge in [0.2, 0.25) is 10.0 Å². The number of benzene rings is 2. The van der Waals surface area contributed by atoms with E-state index in [4.69, 9.17) is 4.74 Å². The maximum Gasteiger partial charge on any atom is 0.338 e. The molecular weight excluding hydrogens is 391 g/mol. The molecule has 0 saturated heterocycles. The zero-order valence-corrected chi connectivity index (χ0v) is 16.1. The SMILES string of the molecule is CCN(CC)S(=O)(=O)c1cc(C(=O)OCc2cccc([N+](=O)[O-])c2)ccc1F. The number of sulfonamides is 1. The van der Waals surface area contributed by atoms with Crippen LogP contribution in [0.4, 0.5) is 10.1 Å². The van der Waals surface area contributed by atoms with E-state index < -0.39 is 31.6 Å². The summed E-state index contributed by atoms with van der Waals surface area (Å²) in [6.45, 7) is 3.29. The number of rotatable bonds is 8. The van der Waals surface area contributed by atoms with Crippen LogP contribution < -0.4 is 0 Å². The zero-order valence-electron chi connectivity index (χ0n) is 15.3. The molecule has 8 nitrogen and oxygen atoms in total. The van der Waals surface area contributed by atoms with Crippen LogP contribution in [0.2, 0.25) is 0 Å². The van der Waals surface area contributed by atoms with Gasteiger partial charge in [-0.15, -0.1) is 0 Å². The number of carbonyl (C=O) groups is 1. The van der Waals surface area contributed by atoms with Crippen LogP contribution in [0.15, 0.2) is 47.4 Å². The van der Waals surface area contributed by atoms with Gasteiger partial charge in [0.05, 0.1) is 10.5 Å². The lowest BCUT2D eigenvalue weighted by Crippen LogP contribution is -2.31. The van der Waals surface area contributed by atoms with E-state index in [0.717, 1.165) is 22.5 Å². The third-order valence-corrected chi connectivity index (χ3v) is 6.05. The maximum atomic E-state index is 14.1. The Bertz CT molecular complexity index is 989. The molecule has 2 rings (SSSR count). The van der Waals surface area contributed by atoms with Gasteiger partial charge in [0.25, 0.3) is 5.69 Å². The lowest BCUT2D eigenvalue weighted by atomic mass is 10.2. The molecule has 0 aliphatic rings. The summed E-state index contributed by atoms with van der Waals surface area (Å²) in [6, 6.07) is 8.49. The van der Waals surface area contributed by atoms with E-state index in [0.29, 0.717) is 5.56 Å². The minimum atomic E-state index is -4.09. The second kappa shape index (κ2) is 8.89. The Hall–Kier alpha value is -2.85. The Morgan fingerprint density at radius 3 is 2.46 bits per heavy atom. The summed E-state index contributed by atoms with van der Waals surface area (Å²) in [7, 11) is -4.09. The Balaban J connectivity index is 2.23. The third kappa shape index (κ3) is 4.70. The van der Waals surface area contributed by atoms with Crippen molar-refractivity contribution in [2.45, 2.75) is 25.3 Å². The molecule has 0 radical (unpaired) electrons. The minimum Gasteiger partial charge on any atom is -0.457 e. The molecular formula is C18H19FN2O6S. The average Bonchev–Trinajstić information content (AvgIpc) is 2.67. The summed E-state index contributed by atoms with van der Waals surface area (Å²) in [6.07, 6.45) is 0. The smallest absolute Gasteiger partial charge is 0.338 e. The van der Waals surface area contributed by atoms with Crippen LogP contribution in [0, 0.1) is 15.9 Å². The maximum absolute atomic E-state index is 14.1.